The maximum absolute atomic E-state index is 13.4. The maximum Gasteiger partial charge on any atom is 0.217 e. The number of amides is 1. The monoisotopic (exact) mass is 490 g/mol. The van der Waals surface area contributed by atoms with E-state index in [9.17, 15) is 9.59 Å². The first-order chi connectivity index (χ1) is 17.4. The molecule has 3 aromatic rings. The summed E-state index contributed by atoms with van der Waals surface area (Å²) in [5, 5.41) is 6.21. The van der Waals surface area contributed by atoms with E-state index in [1.807, 2.05) is 36.4 Å². The van der Waals surface area contributed by atoms with Crippen molar-refractivity contribution in [3.8, 4) is 34.1 Å². The molecular formula is C28H30N2O6. The average Bonchev–Trinajstić information content (AvgIpc) is 3.12. The Hall–Kier alpha value is -4.20. The Kier molecular flexibility index (Phi) is 7.33. The van der Waals surface area contributed by atoms with Gasteiger partial charge in [-0.25, -0.2) is 0 Å². The first-order valence-corrected chi connectivity index (χ1v) is 11.6. The van der Waals surface area contributed by atoms with E-state index in [1.54, 1.807) is 40.6 Å². The molecule has 3 aromatic carbocycles. The summed E-state index contributed by atoms with van der Waals surface area (Å²) in [6.45, 7) is 1.47. The van der Waals surface area contributed by atoms with Crippen molar-refractivity contribution >= 4 is 17.3 Å². The number of carbonyl (C=O) groups excluding carboxylic acids is 1. The number of methoxy groups -OCH3 is 4. The van der Waals surface area contributed by atoms with Crippen LogP contribution in [0.2, 0.25) is 0 Å². The highest BCUT2D eigenvalue weighted by Crippen LogP contribution is 2.50. The molecule has 0 heterocycles. The van der Waals surface area contributed by atoms with E-state index >= 15 is 0 Å². The molecule has 0 bridgehead atoms. The number of hydrogen-bond acceptors (Lipinski definition) is 7. The average molecular weight is 491 g/mol. The maximum atomic E-state index is 13.4. The molecule has 0 radical (unpaired) electrons. The van der Waals surface area contributed by atoms with Crippen LogP contribution in [0.3, 0.4) is 0 Å². The van der Waals surface area contributed by atoms with Gasteiger partial charge >= 0.3 is 0 Å². The molecule has 0 aliphatic heterocycles. The Balaban J connectivity index is 1.94. The van der Waals surface area contributed by atoms with E-state index in [-0.39, 0.29) is 17.4 Å². The second-order valence-electron chi connectivity index (χ2n) is 8.45. The molecule has 0 fully saturated rings. The summed E-state index contributed by atoms with van der Waals surface area (Å²) in [5.74, 6) is 2.08. The largest absolute Gasteiger partial charge is 0.497 e. The zero-order valence-corrected chi connectivity index (χ0v) is 21.1. The normalized spacial score (nSPS) is 14.0. The summed E-state index contributed by atoms with van der Waals surface area (Å²) in [6, 6.07) is 14.1. The molecule has 8 heteroatoms. The number of nitrogens with one attached hydrogen (secondary N) is 2. The highest BCUT2D eigenvalue weighted by atomic mass is 16.5. The van der Waals surface area contributed by atoms with E-state index in [0.717, 1.165) is 28.1 Å². The van der Waals surface area contributed by atoms with Crippen molar-refractivity contribution in [2.75, 3.05) is 33.8 Å². The van der Waals surface area contributed by atoms with Crippen LogP contribution in [0.25, 0.3) is 11.1 Å². The van der Waals surface area contributed by atoms with Gasteiger partial charge in [-0.2, -0.15) is 0 Å². The quantitative estimate of drug-likeness (QED) is 0.499. The zero-order valence-electron chi connectivity index (χ0n) is 21.1. The molecule has 4 rings (SSSR count). The first-order valence-electron chi connectivity index (χ1n) is 11.6. The lowest BCUT2D eigenvalue weighted by Crippen LogP contribution is -2.26. The molecule has 1 amide bonds. The van der Waals surface area contributed by atoms with Gasteiger partial charge in [0.05, 0.1) is 40.2 Å². The fourth-order valence-electron chi connectivity index (χ4n) is 4.64. The lowest BCUT2D eigenvalue weighted by molar-refractivity contribution is -0.119. The predicted octanol–water partition coefficient (Wildman–Crippen LogP) is 4.62. The third kappa shape index (κ3) is 4.79. The van der Waals surface area contributed by atoms with Crippen LogP contribution in [-0.4, -0.2) is 34.3 Å². The highest BCUT2D eigenvalue weighted by molar-refractivity contribution is 5.84. The topological polar surface area (TPSA) is 95.1 Å². The smallest absolute Gasteiger partial charge is 0.217 e. The van der Waals surface area contributed by atoms with E-state index in [1.165, 1.54) is 6.92 Å². The van der Waals surface area contributed by atoms with Gasteiger partial charge in [-0.1, -0.05) is 6.07 Å². The molecule has 188 valence electrons. The molecule has 0 saturated heterocycles. The SMILES string of the molecule is COc1ccc(Nc2ccc3c(cc2=O)[C@H](NC(C)=O)CCc2cc(OC)c(OC)c(OC)c2-3)cc1. The number of fused-ring (bicyclic) bond motifs is 3. The summed E-state index contributed by atoms with van der Waals surface area (Å²) < 4.78 is 22.2. The van der Waals surface area contributed by atoms with Crippen LogP contribution in [0.5, 0.6) is 23.0 Å². The Morgan fingerprint density at radius 2 is 1.61 bits per heavy atom. The van der Waals surface area contributed by atoms with Gasteiger partial charge in [-0.3, -0.25) is 9.59 Å². The number of benzene rings is 2. The second kappa shape index (κ2) is 10.6. The van der Waals surface area contributed by atoms with E-state index < -0.39 is 0 Å². The molecule has 0 spiro atoms. The van der Waals surface area contributed by atoms with Crippen molar-refractivity contribution in [3.05, 3.63) is 69.9 Å². The zero-order chi connectivity index (χ0) is 25.8. The number of carbonyl (C=O) groups is 1. The van der Waals surface area contributed by atoms with Crippen molar-refractivity contribution in [2.24, 2.45) is 0 Å². The number of hydrogen-bond donors (Lipinski definition) is 2. The summed E-state index contributed by atoms with van der Waals surface area (Å²) in [6.07, 6.45) is 1.24. The van der Waals surface area contributed by atoms with Crippen LogP contribution < -0.4 is 35.0 Å². The first kappa shape index (κ1) is 24.9. The van der Waals surface area contributed by atoms with Crippen molar-refractivity contribution in [1.29, 1.82) is 0 Å². The van der Waals surface area contributed by atoms with Gasteiger partial charge in [0, 0.05) is 18.2 Å². The van der Waals surface area contributed by atoms with E-state index in [4.69, 9.17) is 18.9 Å². The van der Waals surface area contributed by atoms with Crippen molar-refractivity contribution in [2.45, 2.75) is 25.8 Å². The standard InChI is InChI=1S/C28H30N2O6/c1-16(31)29-22-12-6-17-14-25(34-3)27(35-4)28(36-5)26(17)20-11-13-23(24(32)15-21(20)22)30-18-7-9-19(33-2)10-8-18/h7-11,13-15,22H,6,12H2,1-5H3,(H,29,31)(H,30,32)/t22-/m1/s1. The van der Waals surface area contributed by atoms with E-state index in [0.29, 0.717) is 41.3 Å². The van der Waals surface area contributed by atoms with Crippen molar-refractivity contribution < 1.29 is 23.7 Å². The fourth-order valence-corrected chi connectivity index (χ4v) is 4.64. The second-order valence-corrected chi connectivity index (χ2v) is 8.45. The molecule has 0 unspecified atom stereocenters. The van der Waals surface area contributed by atoms with Gasteiger partial charge in [-0.15, -0.1) is 0 Å². The van der Waals surface area contributed by atoms with Gasteiger partial charge in [0.15, 0.2) is 11.5 Å². The van der Waals surface area contributed by atoms with Gasteiger partial charge < -0.3 is 29.6 Å². The summed E-state index contributed by atoms with van der Waals surface area (Å²) in [4.78, 5) is 25.5. The van der Waals surface area contributed by atoms with Crippen LogP contribution in [-0.2, 0) is 11.2 Å². The molecule has 1 aliphatic rings. The van der Waals surface area contributed by atoms with Gasteiger partial charge in [-0.05, 0) is 72.0 Å². The number of rotatable bonds is 7. The Morgan fingerprint density at radius 1 is 0.889 bits per heavy atom. The minimum atomic E-state index is -0.361. The van der Waals surface area contributed by atoms with Crippen LogP contribution in [0.15, 0.2) is 53.3 Å². The van der Waals surface area contributed by atoms with Crippen molar-refractivity contribution in [3.63, 3.8) is 0 Å². The van der Waals surface area contributed by atoms with Gasteiger partial charge in [0.25, 0.3) is 0 Å². The minimum Gasteiger partial charge on any atom is -0.497 e. The summed E-state index contributed by atoms with van der Waals surface area (Å²) in [5.41, 5.74) is 4.21. The van der Waals surface area contributed by atoms with Crippen molar-refractivity contribution in [1.82, 2.24) is 5.32 Å². The Morgan fingerprint density at radius 3 is 2.22 bits per heavy atom. The molecule has 8 nitrogen and oxygen atoms in total. The molecule has 0 aromatic heterocycles. The third-order valence-corrected chi connectivity index (χ3v) is 6.29. The Bertz CT molecular complexity index is 1340. The Labute approximate surface area is 210 Å². The van der Waals surface area contributed by atoms with Crippen LogP contribution in [0.4, 0.5) is 11.4 Å². The van der Waals surface area contributed by atoms with E-state index in [2.05, 4.69) is 10.6 Å². The fraction of sp³-hybridized carbons (Fsp3) is 0.286. The summed E-state index contributed by atoms with van der Waals surface area (Å²) in [7, 11) is 6.31. The third-order valence-electron chi connectivity index (χ3n) is 6.29. The van der Waals surface area contributed by atoms with Gasteiger partial charge in [0.2, 0.25) is 17.1 Å². The van der Waals surface area contributed by atoms with Crippen LogP contribution in [0, 0.1) is 0 Å². The number of aryl methyl sites for hydroxylation is 1. The predicted molar refractivity (Wildman–Crippen MR) is 139 cm³/mol. The van der Waals surface area contributed by atoms with Crippen LogP contribution >= 0.6 is 0 Å². The molecular weight excluding hydrogens is 460 g/mol. The molecule has 0 saturated carbocycles. The summed E-state index contributed by atoms with van der Waals surface area (Å²) >= 11 is 0. The molecule has 1 aliphatic carbocycles. The molecule has 1 atom stereocenters. The van der Waals surface area contributed by atoms with Gasteiger partial charge in [0.1, 0.15) is 5.75 Å². The van der Waals surface area contributed by atoms with Crippen LogP contribution in [0.1, 0.15) is 30.5 Å². The minimum absolute atomic E-state index is 0.172. The molecule has 36 heavy (non-hydrogen) atoms. The lowest BCUT2D eigenvalue weighted by Gasteiger charge is -2.19. The lowest BCUT2D eigenvalue weighted by atomic mass is 9.95. The number of ether oxygens (including phenoxy) is 4. The highest BCUT2D eigenvalue weighted by Gasteiger charge is 2.29. The molecule has 2 N–H and O–H groups in total. The number of anilines is 2.